The van der Waals surface area contributed by atoms with Crippen LogP contribution in [0, 0.1) is 0 Å². The third-order valence-electron chi connectivity index (χ3n) is 2.84. The summed E-state index contributed by atoms with van der Waals surface area (Å²) in [6.07, 6.45) is 6.13. The van der Waals surface area contributed by atoms with Gasteiger partial charge in [0.1, 0.15) is 0 Å². The van der Waals surface area contributed by atoms with E-state index in [2.05, 4.69) is 19.2 Å². The molecule has 1 saturated carbocycles. The fourth-order valence-electron chi connectivity index (χ4n) is 1.91. The van der Waals surface area contributed by atoms with Gasteiger partial charge in [0.2, 0.25) is 0 Å². The number of aromatic nitrogens is 2. The zero-order valence-electron chi connectivity index (χ0n) is 9.44. The number of nitrogens with zero attached hydrogens (tertiary/aromatic N) is 2. The van der Waals surface area contributed by atoms with Crippen molar-refractivity contribution in [1.29, 1.82) is 0 Å². The highest BCUT2D eigenvalue weighted by molar-refractivity contribution is 4.91. The summed E-state index contributed by atoms with van der Waals surface area (Å²) in [5.41, 5.74) is 0.141. The fraction of sp³-hybridized carbons (Fsp3) is 0.727. The van der Waals surface area contributed by atoms with Crippen molar-refractivity contribution >= 4 is 0 Å². The van der Waals surface area contributed by atoms with E-state index in [-0.39, 0.29) is 5.69 Å². The molecule has 1 aliphatic carbocycles. The molecule has 4 nitrogen and oxygen atoms in total. The Hall–Kier alpha value is -1.03. The van der Waals surface area contributed by atoms with Gasteiger partial charge in [-0.3, -0.25) is 9.13 Å². The Bertz CT molecular complexity index is 375. The van der Waals surface area contributed by atoms with Crippen LogP contribution in [0.5, 0.6) is 0 Å². The summed E-state index contributed by atoms with van der Waals surface area (Å²) in [6, 6.07) is 0.830. The van der Waals surface area contributed by atoms with E-state index in [4.69, 9.17) is 0 Å². The molecule has 1 unspecified atom stereocenters. The van der Waals surface area contributed by atoms with Crippen LogP contribution in [-0.4, -0.2) is 21.7 Å². The highest BCUT2D eigenvalue weighted by Gasteiger charge is 2.25. The third kappa shape index (κ3) is 2.31. The molecule has 1 aliphatic rings. The standard InChI is InChI=1S/C11H19N3O/c1-3-12-9(2)8-13-6-7-14(11(13)15)10-4-5-10/h6-7,9-10,12H,3-5,8H2,1-2H3. The van der Waals surface area contributed by atoms with Crippen molar-refractivity contribution in [3.63, 3.8) is 0 Å². The monoisotopic (exact) mass is 209 g/mol. The predicted octanol–water partition coefficient (Wildman–Crippen LogP) is 0.983. The Morgan fingerprint density at radius 2 is 2.27 bits per heavy atom. The van der Waals surface area contributed by atoms with Gasteiger partial charge in [-0.1, -0.05) is 6.92 Å². The number of nitrogens with one attached hydrogen (secondary N) is 1. The van der Waals surface area contributed by atoms with Gasteiger partial charge in [-0.2, -0.15) is 0 Å². The average Bonchev–Trinajstić information content (AvgIpc) is 2.96. The minimum absolute atomic E-state index is 0.141. The van der Waals surface area contributed by atoms with Gasteiger partial charge < -0.3 is 5.32 Å². The molecular weight excluding hydrogens is 190 g/mol. The Morgan fingerprint density at radius 3 is 2.87 bits per heavy atom. The second kappa shape index (κ2) is 4.23. The van der Waals surface area contributed by atoms with E-state index in [0.717, 1.165) is 25.9 Å². The van der Waals surface area contributed by atoms with Crippen LogP contribution in [0.2, 0.25) is 0 Å². The summed E-state index contributed by atoms with van der Waals surface area (Å²) >= 11 is 0. The molecule has 0 spiro atoms. The molecule has 4 heteroatoms. The zero-order chi connectivity index (χ0) is 10.8. The van der Waals surface area contributed by atoms with E-state index in [1.165, 1.54) is 0 Å². The van der Waals surface area contributed by atoms with Crippen LogP contribution in [0.4, 0.5) is 0 Å². The average molecular weight is 209 g/mol. The summed E-state index contributed by atoms with van der Waals surface area (Å²) in [4.78, 5) is 11.9. The third-order valence-corrected chi connectivity index (χ3v) is 2.84. The lowest BCUT2D eigenvalue weighted by Gasteiger charge is -2.11. The first kappa shape index (κ1) is 10.5. The van der Waals surface area contributed by atoms with E-state index in [1.807, 2.05) is 17.0 Å². The van der Waals surface area contributed by atoms with Crippen LogP contribution in [-0.2, 0) is 6.54 Å². The second-order valence-electron chi connectivity index (χ2n) is 4.33. The Balaban J connectivity index is 2.05. The number of rotatable bonds is 5. The number of hydrogen-bond acceptors (Lipinski definition) is 2. The molecule has 1 heterocycles. The highest BCUT2D eigenvalue weighted by Crippen LogP contribution is 2.33. The molecule has 84 valence electrons. The molecule has 1 aromatic rings. The lowest BCUT2D eigenvalue weighted by molar-refractivity contribution is 0.475. The van der Waals surface area contributed by atoms with E-state index >= 15 is 0 Å². The highest BCUT2D eigenvalue weighted by atomic mass is 16.1. The second-order valence-corrected chi connectivity index (χ2v) is 4.33. The molecule has 2 rings (SSSR count). The van der Waals surface area contributed by atoms with Gasteiger partial charge in [0, 0.05) is 31.0 Å². The molecule has 0 aromatic carbocycles. The van der Waals surface area contributed by atoms with Crippen molar-refractivity contribution in [2.45, 2.75) is 45.3 Å². The van der Waals surface area contributed by atoms with E-state index in [0.29, 0.717) is 12.1 Å². The summed E-state index contributed by atoms with van der Waals surface area (Å²) in [5.74, 6) is 0. The minimum Gasteiger partial charge on any atom is -0.313 e. The maximum atomic E-state index is 11.9. The fourth-order valence-corrected chi connectivity index (χ4v) is 1.91. The normalized spacial score (nSPS) is 18.0. The lowest BCUT2D eigenvalue weighted by atomic mass is 10.3. The van der Waals surface area contributed by atoms with Crippen molar-refractivity contribution in [2.24, 2.45) is 0 Å². The first-order chi connectivity index (χ1) is 7.22. The van der Waals surface area contributed by atoms with Crippen LogP contribution in [0.1, 0.15) is 32.7 Å². The molecule has 0 bridgehead atoms. The van der Waals surface area contributed by atoms with Crippen LogP contribution < -0.4 is 11.0 Å². The molecule has 1 fully saturated rings. The van der Waals surface area contributed by atoms with Crippen molar-refractivity contribution in [2.75, 3.05) is 6.54 Å². The van der Waals surface area contributed by atoms with Crippen LogP contribution in [0.3, 0.4) is 0 Å². The van der Waals surface area contributed by atoms with Gasteiger partial charge >= 0.3 is 5.69 Å². The van der Waals surface area contributed by atoms with Gasteiger partial charge in [-0.05, 0) is 26.3 Å². The minimum atomic E-state index is 0.141. The number of hydrogen-bond donors (Lipinski definition) is 1. The van der Waals surface area contributed by atoms with Gasteiger partial charge in [-0.25, -0.2) is 4.79 Å². The van der Waals surface area contributed by atoms with Crippen molar-refractivity contribution in [3.8, 4) is 0 Å². The first-order valence-corrected chi connectivity index (χ1v) is 5.73. The first-order valence-electron chi connectivity index (χ1n) is 5.73. The SMILES string of the molecule is CCNC(C)Cn1ccn(C2CC2)c1=O. The molecule has 0 aliphatic heterocycles. The van der Waals surface area contributed by atoms with Crippen molar-refractivity contribution < 1.29 is 0 Å². The van der Waals surface area contributed by atoms with E-state index < -0.39 is 0 Å². The summed E-state index contributed by atoms with van der Waals surface area (Å²) in [6.45, 7) is 5.88. The molecule has 0 amide bonds. The summed E-state index contributed by atoms with van der Waals surface area (Å²) < 4.78 is 3.66. The van der Waals surface area contributed by atoms with Crippen LogP contribution in [0.15, 0.2) is 17.2 Å². The maximum absolute atomic E-state index is 11.9. The Kier molecular flexibility index (Phi) is 2.95. The van der Waals surface area contributed by atoms with Gasteiger partial charge in [0.05, 0.1) is 0 Å². The molecule has 1 atom stereocenters. The number of likely N-dealkylation sites (N-methyl/N-ethyl adjacent to an activating group) is 1. The quantitative estimate of drug-likeness (QED) is 0.785. The molecular formula is C11H19N3O. The van der Waals surface area contributed by atoms with Gasteiger partial charge in [0.25, 0.3) is 0 Å². The molecule has 1 N–H and O–H groups in total. The topological polar surface area (TPSA) is 39.0 Å². The summed E-state index contributed by atoms with van der Waals surface area (Å²) in [7, 11) is 0. The molecule has 0 radical (unpaired) electrons. The van der Waals surface area contributed by atoms with E-state index in [1.54, 1.807) is 4.57 Å². The van der Waals surface area contributed by atoms with Crippen LogP contribution in [0.25, 0.3) is 0 Å². The van der Waals surface area contributed by atoms with Gasteiger partial charge in [-0.15, -0.1) is 0 Å². The Labute approximate surface area is 89.9 Å². The lowest BCUT2D eigenvalue weighted by Crippen LogP contribution is -2.34. The van der Waals surface area contributed by atoms with Crippen molar-refractivity contribution in [1.82, 2.24) is 14.5 Å². The van der Waals surface area contributed by atoms with Crippen LogP contribution >= 0.6 is 0 Å². The largest absolute Gasteiger partial charge is 0.328 e. The molecule has 0 saturated heterocycles. The molecule has 15 heavy (non-hydrogen) atoms. The maximum Gasteiger partial charge on any atom is 0.328 e. The smallest absolute Gasteiger partial charge is 0.313 e. The van der Waals surface area contributed by atoms with Gasteiger partial charge in [0.15, 0.2) is 0 Å². The predicted molar refractivity (Wildman–Crippen MR) is 60.1 cm³/mol. The number of imidazole rings is 1. The van der Waals surface area contributed by atoms with Crippen molar-refractivity contribution in [3.05, 3.63) is 22.9 Å². The van der Waals surface area contributed by atoms with E-state index in [9.17, 15) is 4.79 Å². The summed E-state index contributed by atoms with van der Waals surface area (Å²) in [5, 5.41) is 3.31. The Morgan fingerprint density at radius 1 is 1.53 bits per heavy atom. The zero-order valence-corrected chi connectivity index (χ0v) is 9.44. The molecule has 1 aromatic heterocycles.